The van der Waals surface area contributed by atoms with Crippen LogP contribution in [0.5, 0.6) is 5.75 Å². The molecule has 5 heteroatoms. The minimum atomic E-state index is 0.262. The molecule has 1 aromatic heterocycles. The smallest absolute Gasteiger partial charge is 0.225 e. The first kappa shape index (κ1) is 12.4. The number of anilines is 3. The zero-order valence-corrected chi connectivity index (χ0v) is 11.7. The van der Waals surface area contributed by atoms with Gasteiger partial charge < -0.3 is 15.7 Å². The third-order valence-corrected chi connectivity index (χ3v) is 3.79. The van der Waals surface area contributed by atoms with Gasteiger partial charge in [-0.25, -0.2) is 4.98 Å². The summed E-state index contributed by atoms with van der Waals surface area (Å²) in [5.74, 6) is 2.38. The molecule has 3 N–H and O–H groups in total. The standard InChI is InChI=1S/C16H18N4O/c21-13-7-5-11(6-8-13)17-15-9-14(10-1-2-10)19-16(20-15)18-12-3-4-12/h5-10,12,21H,1-4H2,(H2,17,18,19,20). The van der Waals surface area contributed by atoms with E-state index in [1.54, 1.807) is 12.1 Å². The summed E-state index contributed by atoms with van der Waals surface area (Å²) >= 11 is 0. The summed E-state index contributed by atoms with van der Waals surface area (Å²) in [7, 11) is 0. The van der Waals surface area contributed by atoms with Crippen LogP contribution in [0.3, 0.4) is 0 Å². The van der Waals surface area contributed by atoms with Crippen LogP contribution in [0.1, 0.15) is 37.3 Å². The van der Waals surface area contributed by atoms with Crippen molar-refractivity contribution in [1.82, 2.24) is 9.97 Å². The number of phenols is 1. The molecule has 0 saturated heterocycles. The van der Waals surface area contributed by atoms with Crippen LogP contribution in [0.25, 0.3) is 0 Å². The summed E-state index contributed by atoms with van der Waals surface area (Å²) in [5.41, 5.74) is 2.03. The molecular weight excluding hydrogens is 264 g/mol. The fourth-order valence-electron chi connectivity index (χ4n) is 2.29. The van der Waals surface area contributed by atoms with Crippen LogP contribution in [0.2, 0.25) is 0 Å². The first-order valence-corrected chi connectivity index (χ1v) is 7.48. The van der Waals surface area contributed by atoms with Crippen molar-refractivity contribution in [2.24, 2.45) is 0 Å². The summed E-state index contributed by atoms with van der Waals surface area (Å²) < 4.78 is 0. The van der Waals surface area contributed by atoms with Crippen molar-refractivity contribution >= 4 is 17.5 Å². The molecule has 4 rings (SSSR count). The summed E-state index contributed by atoms with van der Waals surface area (Å²) in [6.07, 6.45) is 4.85. The van der Waals surface area contributed by atoms with Crippen molar-refractivity contribution in [1.29, 1.82) is 0 Å². The monoisotopic (exact) mass is 282 g/mol. The maximum absolute atomic E-state index is 9.33. The van der Waals surface area contributed by atoms with Gasteiger partial charge in [0.05, 0.1) is 5.69 Å². The topological polar surface area (TPSA) is 70.1 Å². The molecule has 5 nitrogen and oxygen atoms in total. The summed E-state index contributed by atoms with van der Waals surface area (Å²) in [6.45, 7) is 0. The lowest BCUT2D eigenvalue weighted by Crippen LogP contribution is -2.08. The molecule has 0 aliphatic heterocycles. The highest BCUT2D eigenvalue weighted by atomic mass is 16.3. The van der Waals surface area contributed by atoms with Crippen LogP contribution in [-0.2, 0) is 0 Å². The molecule has 1 heterocycles. The molecule has 21 heavy (non-hydrogen) atoms. The molecule has 0 radical (unpaired) electrons. The molecule has 0 bridgehead atoms. The third kappa shape index (κ3) is 3.07. The second kappa shape index (κ2) is 4.91. The minimum absolute atomic E-state index is 0.262. The van der Waals surface area contributed by atoms with Crippen LogP contribution in [0.15, 0.2) is 30.3 Å². The van der Waals surface area contributed by atoms with Crippen molar-refractivity contribution < 1.29 is 5.11 Å². The Hall–Kier alpha value is -2.30. The van der Waals surface area contributed by atoms with Crippen LogP contribution >= 0.6 is 0 Å². The fraction of sp³-hybridized carbons (Fsp3) is 0.375. The number of aromatic hydroxyl groups is 1. The molecule has 0 spiro atoms. The lowest BCUT2D eigenvalue weighted by atomic mass is 10.2. The van der Waals surface area contributed by atoms with Gasteiger partial charge in [0.25, 0.3) is 0 Å². The number of phenolic OH excluding ortho intramolecular Hbond substituents is 1. The largest absolute Gasteiger partial charge is 0.508 e. The summed E-state index contributed by atoms with van der Waals surface area (Å²) in [4.78, 5) is 9.17. The van der Waals surface area contributed by atoms with Crippen LogP contribution in [-0.4, -0.2) is 21.1 Å². The quantitative estimate of drug-likeness (QED) is 0.733. The van der Waals surface area contributed by atoms with Gasteiger partial charge in [-0.05, 0) is 49.9 Å². The first-order valence-electron chi connectivity index (χ1n) is 7.48. The van der Waals surface area contributed by atoms with E-state index in [-0.39, 0.29) is 5.75 Å². The van der Waals surface area contributed by atoms with Crippen molar-refractivity contribution in [2.75, 3.05) is 10.6 Å². The lowest BCUT2D eigenvalue weighted by molar-refractivity contribution is 0.475. The average Bonchev–Trinajstić information content (AvgIpc) is 3.35. The van der Waals surface area contributed by atoms with Crippen molar-refractivity contribution in [2.45, 2.75) is 37.6 Å². The maximum atomic E-state index is 9.33. The van der Waals surface area contributed by atoms with Gasteiger partial charge in [-0.1, -0.05) is 0 Å². The van der Waals surface area contributed by atoms with Crippen molar-refractivity contribution in [3.05, 3.63) is 36.0 Å². The molecule has 2 aliphatic carbocycles. The van der Waals surface area contributed by atoms with Crippen LogP contribution in [0, 0.1) is 0 Å². The SMILES string of the molecule is Oc1ccc(Nc2cc(C3CC3)nc(NC3CC3)n2)cc1. The molecular formula is C16H18N4O. The Morgan fingerprint density at radius 3 is 2.43 bits per heavy atom. The normalized spacial score (nSPS) is 17.5. The van der Waals surface area contributed by atoms with Crippen LogP contribution < -0.4 is 10.6 Å². The molecule has 0 amide bonds. The summed E-state index contributed by atoms with van der Waals surface area (Å²) in [5, 5.41) is 16.0. The Kier molecular flexibility index (Phi) is 2.91. The molecule has 2 aliphatic rings. The molecule has 2 fully saturated rings. The molecule has 1 aromatic carbocycles. The van der Waals surface area contributed by atoms with E-state index >= 15 is 0 Å². The molecule has 2 aromatic rings. The van der Waals surface area contributed by atoms with E-state index in [2.05, 4.69) is 20.6 Å². The Morgan fingerprint density at radius 2 is 1.76 bits per heavy atom. The predicted octanol–water partition coefficient (Wildman–Crippen LogP) is 3.38. The highest BCUT2D eigenvalue weighted by Gasteiger charge is 2.27. The van der Waals surface area contributed by atoms with Gasteiger partial charge in [0, 0.05) is 23.7 Å². The van der Waals surface area contributed by atoms with Gasteiger partial charge >= 0.3 is 0 Å². The van der Waals surface area contributed by atoms with E-state index in [4.69, 9.17) is 0 Å². The Bertz CT molecular complexity index is 648. The Balaban J connectivity index is 1.59. The second-order valence-corrected chi connectivity index (χ2v) is 5.87. The molecule has 0 atom stereocenters. The van der Waals surface area contributed by atoms with E-state index in [0.717, 1.165) is 23.1 Å². The first-order chi connectivity index (χ1) is 10.3. The van der Waals surface area contributed by atoms with Crippen molar-refractivity contribution in [3.8, 4) is 5.75 Å². The van der Waals surface area contributed by atoms with E-state index in [0.29, 0.717) is 12.0 Å². The number of rotatable bonds is 5. The number of aromatic nitrogens is 2. The van der Waals surface area contributed by atoms with Gasteiger partial charge in [-0.15, -0.1) is 0 Å². The Labute approximate surface area is 123 Å². The highest BCUT2D eigenvalue weighted by Crippen LogP contribution is 2.40. The fourth-order valence-corrected chi connectivity index (χ4v) is 2.29. The van der Waals surface area contributed by atoms with Gasteiger partial charge in [-0.2, -0.15) is 4.98 Å². The lowest BCUT2D eigenvalue weighted by Gasteiger charge is -2.10. The van der Waals surface area contributed by atoms with E-state index in [1.807, 2.05) is 18.2 Å². The van der Waals surface area contributed by atoms with E-state index in [1.165, 1.54) is 25.7 Å². The third-order valence-electron chi connectivity index (χ3n) is 3.79. The average molecular weight is 282 g/mol. The van der Waals surface area contributed by atoms with Gasteiger partial charge in [0.1, 0.15) is 11.6 Å². The molecule has 108 valence electrons. The molecule has 0 unspecified atom stereocenters. The van der Waals surface area contributed by atoms with E-state index < -0.39 is 0 Å². The Morgan fingerprint density at radius 1 is 1.00 bits per heavy atom. The number of benzene rings is 1. The molecule has 2 saturated carbocycles. The second-order valence-electron chi connectivity index (χ2n) is 5.87. The van der Waals surface area contributed by atoms with Crippen LogP contribution in [0.4, 0.5) is 17.5 Å². The van der Waals surface area contributed by atoms with Gasteiger partial charge in [-0.3, -0.25) is 0 Å². The zero-order chi connectivity index (χ0) is 14.2. The predicted molar refractivity (Wildman–Crippen MR) is 82.0 cm³/mol. The highest BCUT2D eigenvalue weighted by molar-refractivity contribution is 5.59. The van der Waals surface area contributed by atoms with Crippen molar-refractivity contribution in [3.63, 3.8) is 0 Å². The van der Waals surface area contributed by atoms with Gasteiger partial charge in [0.15, 0.2) is 0 Å². The summed E-state index contributed by atoms with van der Waals surface area (Å²) in [6, 6.07) is 9.57. The minimum Gasteiger partial charge on any atom is -0.508 e. The number of hydrogen-bond donors (Lipinski definition) is 3. The maximum Gasteiger partial charge on any atom is 0.225 e. The number of nitrogens with zero attached hydrogens (tertiary/aromatic N) is 2. The number of nitrogens with one attached hydrogen (secondary N) is 2. The van der Waals surface area contributed by atoms with Gasteiger partial charge in [0.2, 0.25) is 5.95 Å². The zero-order valence-electron chi connectivity index (χ0n) is 11.7. The number of hydrogen-bond acceptors (Lipinski definition) is 5. The van der Waals surface area contributed by atoms with E-state index in [9.17, 15) is 5.11 Å².